The Bertz CT molecular complexity index is 986. The molecule has 0 spiro atoms. The van der Waals surface area contributed by atoms with E-state index in [9.17, 15) is 13.2 Å². The topological polar surface area (TPSA) is 60.4 Å². The Kier molecular flexibility index (Phi) is 6.96. The third-order valence-corrected chi connectivity index (χ3v) is 16.8. The minimum absolute atomic E-state index is 0.0745. The molecule has 0 aromatic rings. The zero-order valence-electron chi connectivity index (χ0n) is 22.4. The predicted octanol–water partition coefficient (Wildman–Crippen LogP) is 6.63. The second kappa shape index (κ2) is 8.99. The van der Waals surface area contributed by atoms with E-state index in [4.69, 9.17) is 4.43 Å². The van der Waals surface area contributed by atoms with Crippen molar-refractivity contribution in [1.82, 2.24) is 0 Å². The SMILES string of the molecule is CC(C=O)[C@H]1CC[C@H]2C(=CC3C4=C(CC[C@H](O[Si](C)(C)C(C)(C)C)C4)CS3(=O)=O)CCC[C@]12C. The van der Waals surface area contributed by atoms with Crippen LogP contribution in [0.5, 0.6) is 0 Å². The Balaban J connectivity index is 1.60. The molecular weight excluding hydrogens is 460 g/mol. The second-order valence-corrected chi connectivity index (χ2v) is 20.3. The molecule has 0 saturated heterocycles. The number of carbonyl (C=O) groups is 1. The molecule has 2 saturated carbocycles. The first kappa shape index (κ1) is 26.3. The molecule has 0 radical (unpaired) electrons. The van der Waals surface area contributed by atoms with Crippen LogP contribution >= 0.6 is 0 Å². The molecule has 4 rings (SSSR count). The van der Waals surface area contributed by atoms with Gasteiger partial charge in [0, 0.05) is 12.0 Å². The highest BCUT2D eigenvalue weighted by atomic mass is 32.2. The maximum atomic E-state index is 13.4. The largest absolute Gasteiger partial charge is 0.414 e. The van der Waals surface area contributed by atoms with Gasteiger partial charge in [0.25, 0.3) is 0 Å². The summed E-state index contributed by atoms with van der Waals surface area (Å²) in [6, 6.07) is 0. The van der Waals surface area contributed by atoms with Crippen LogP contribution in [0.1, 0.15) is 86.0 Å². The zero-order valence-corrected chi connectivity index (χ0v) is 24.3. The molecule has 34 heavy (non-hydrogen) atoms. The van der Waals surface area contributed by atoms with Gasteiger partial charge in [-0.3, -0.25) is 0 Å². The molecule has 2 unspecified atom stereocenters. The lowest BCUT2D eigenvalue weighted by molar-refractivity contribution is -0.113. The van der Waals surface area contributed by atoms with Crippen molar-refractivity contribution in [3.8, 4) is 0 Å². The van der Waals surface area contributed by atoms with Gasteiger partial charge in [-0.25, -0.2) is 8.42 Å². The molecule has 1 heterocycles. The summed E-state index contributed by atoms with van der Waals surface area (Å²) >= 11 is 0. The smallest absolute Gasteiger partial charge is 0.192 e. The average Bonchev–Trinajstić information content (AvgIpc) is 3.20. The van der Waals surface area contributed by atoms with E-state index in [-0.39, 0.29) is 28.2 Å². The Labute approximate surface area is 209 Å². The van der Waals surface area contributed by atoms with Crippen LogP contribution in [0, 0.1) is 23.2 Å². The van der Waals surface area contributed by atoms with E-state index < -0.39 is 23.4 Å². The average molecular weight is 507 g/mol. The number of aldehydes is 1. The summed E-state index contributed by atoms with van der Waals surface area (Å²) in [4.78, 5) is 11.6. The number of allylic oxidation sites excluding steroid dienone is 1. The van der Waals surface area contributed by atoms with E-state index in [0.29, 0.717) is 11.8 Å². The molecule has 192 valence electrons. The summed E-state index contributed by atoms with van der Waals surface area (Å²) in [6.45, 7) is 15.8. The fraction of sp³-hybridized carbons (Fsp3) is 0.821. The van der Waals surface area contributed by atoms with Gasteiger partial charge < -0.3 is 9.22 Å². The molecule has 0 aromatic carbocycles. The normalized spacial score (nSPS) is 38.0. The fourth-order valence-electron chi connectivity index (χ4n) is 7.35. The van der Waals surface area contributed by atoms with Crippen LogP contribution in [0.25, 0.3) is 0 Å². The summed E-state index contributed by atoms with van der Waals surface area (Å²) in [5.74, 6) is 1.13. The standard InChI is InChI=1S/C28H46O4SSi/c1-19(17-29)24-12-13-25-20(9-8-14-28(24,25)5)15-26-23-16-22(32-34(6,7)27(2,3)4)11-10-21(23)18-33(26,30)31/h15,17,19,22,24-26H,8-14,16,18H2,1-7H3/t19?,22-,24+,25-,26?,28+/m0/s1. The quantitative estimate of drug-likeness (QED) is 0.238. The number of hydrogen-bond acceptors (Lipinski definition) is 4. The van der Waals surface area contributed by atoms with Gasteiger partial charge >= 0.3 is 0 Å². The Morgan fingerprint density at radius 1 is 1.15 bits per heavy atom. The number of sulfone groups is 1. The van der Waals surface area contributed by atoms with E-state index in [2.05, 4.69) is 53.8 Å². The minimum Gasteiger partial charge on any atom is -0.414 e. The number of hydrogen-bond donors (Lipinski definition) is 0. The van der Waals surface area contributed by atoms with Crippen LogP contribution in [0.15, 0.2) is 22.8 Å². The molecule has 1 aliphatic heterocycles. The lowest BCUT2D eigenvalue weighted by Gasteiger charge is -2.44. The molecule has 0 amide bonds. The lowest BCUT2D eigenvalue weighted by Crippen LogP contribution is -2.44. The van der Waals surface area contributed by atoms with Crippen LogP contribution in [0.4, 0.5) is 0 Å². The van der Waals surface area contributed by atoms with Crippen molar-refractivity contribution in [2.24, 2.45) is 23.2 Å². The van der Waals surface area contributed by atoms with Crippen molar-refractivity contribution < 1.29 is 17.6 Å². The molecule has 6 atom stereocenters. The van der Waals surface area contributed by atoms with Crippen molar-refractivity contribution in [2.75, 3.05) is 5.75 Å². The first-order valence-electron chi connectivity index (χ1n) is 13.5. The third-order valence-electron chi connectivity index (χ3n) is 10.3. The number of fused-ring (bicyclic) bond motifs is 1. The van der Waals surface area contributed by atoms with Crippen molar-refractivity contribution in [3.05, 3.63) is 22.8 Å². The minimum atomic E-state index is -3.20. The van der Waals surface area contributed by atoms with Gasteiger partial charge in [0.05, 0.1) is 5.75 Å². The summed E-state index contributed by atoms with van der Waals surface area (Å²) in [5.41, 5.74) is 3.77. The number of carbonyl (C=O) groups excluding carboxylic acids is 1. The van der Waals surface area contributed by atoms with E-state index >= 15 is 0 Å². The Morgan fingerprint density at radius 2 is 1.85 bits per heavy atom. The Hall–Kier alpha value is -0.723. The Morgan fingerprint density at radius 3 is 2.50 bits per heavy atom. The zero-order chi connectivity index (χ0) is 25.1. The van der Waals surface area contributed by atoms with Gasteiger partial charge in [0.1, 0.15) is 11.5 Å². The molecule has 0 bridgehead atoms. The molecule has 4 nitrogen and oxygen atoms in total. The van der Waals surface area contributed by atoms with Crippen LogP contribution in [0.2, 0.25) is 18.1 Å². The molecule has 0 N–H and O–H groups in total. The van der Waals surface area contributed by atoms with E-state index in [1.54, 1.807) is 0 Å². The van der Waals surface area contributed by atoms with Crippen molar-refractivity contribution >= 4 is 24.4 Å². The van der Waals surface area contributed by atoms with Gasteiger partial charge in [-0.05, 0) is 92.3 Å². The predicted molar refractivity (Wildman–Crippen MR) is 142 cm³/mol. The van der Waals surface area contributed by atoms with Gasteiger partial charge in [-0.2, -0.15) is 0 Å². The maximum absolute atomic E-state index is 13.4. The summed E-state index contributed by atoms with van der Waals surface area (Å²) in [6.07, 6.45) is 11.4. The molecule has 6 heteroatoms. The van der Waals surface area contributed by atoms with E-state index in [1.165, 1.54) is 5.57 Å². The molecule has 4 aliphatic rings. The molecule has 3 aliphatic carbocycles. The molecule has 2 fully saturated rings. The summed E-state index contributed by atoms with van der Waals surface area (Å²) < 4.78 is 33.5. The van der Waals surface area contributed by atoms with Crippen LogP contribution in [0.3, 0.4) is 0 Å². The highest BCUT2D eigenvalue weighted by Crippen LogP contribution is 2.59. The van der Waals surface area contributed by atoms with Gasteiger partial charge in [0.15, 0.2) is 18.2 Å². The van der Waals surface area contributed by atoms with Crippen LogP contribution in [-0.4, -0.2) is 40.1 Å². The van der Waals surface area contributed by atoms with Crippen LogP contribution < -0.4 is 0 Å². The maximum Gasteiger partial charge on any atom is 0.192 e. The van der Waals surface area contributed by atoms with Crippen molar-refractivity contribution in [1.29, 1.82) is 0 Å². The lowest BCUT2D eigenvalue weighted by atomic mass is 9.61. The fourth-order valence-corrected chi connectivity index (χ4v) is 10.8. The summed E-state index contributed by atoms with van der Waals surface area (Å²) in [7, 11) is -5.10. The highest BCUT2D eigenvalue weighted by molar-refractivity contribution is 7.92. The first-order chi connectivity index (χ1) is 15.7. The van der Waals surface area contributed by atoms with Gasteiger partial charge in [0.2, 0.25) is 0 Å². The molecule has 0 aromatic heterocycles. The second-order valence-electron chi connectivity index (χ2n) is 13.4. The van der Waals surface area contributed by atoms with E-state index in [1.807, 2.05) is 0 Å². The highest BCUT2D eigenvalue weighted by Gasteiger charge is 2.51. The first-order valence-corrected chi connectivity index (χ1v) is 18.1. The van der Waals surface area contributed by atoms with Gasteiger partial charge in [-0.15, -0.1) is 0 Å². The third kappa shape index (κ3) is 4.56. The number of rotatable bonds is 5. The monoisotopic (exact) mass is 506 g/mol. The summed E-state index contributed by atoms with van der Waals surface area (Å²) in [5, 5.41) is -0.317. The van der Waals surface area contributed by atoms with Crippen molar-refractivity contribution in [3.63, 3.8) is 0 Å². The molecular formula is C28H46O4SSi. The van der Waals surface area contributed by atoms with Crippen molar-refractivity contribution in [2.45, 2.75) is 115 Å². The van der Waals surface area contributed by atoms with Gasteiger partial charge in [-0.1, -0.05) is 51.8 Å². The van der Waals surface area contributed by atoms with Crippen LogP contribution in [-0.2, 0) is 19.1 Å². The van der Waals surface area contributed by atoms with E-state index in [0.717, 1.165) is 68.8 Å².